The maximum Gasteiger partial charge on any atom is 0.341 e. The first-order valence-electron chi connectivity index (χ1n) is 5.08. The van der Waals surface area contributed by atoms with Crippen LogP contribution in [-0.2, 0) is 0 Å². The largest absolute Gasteiger partial charge is 0.488 e. The second-order valence-electron chi connectivity index (χ2n) is 3.42. The average molecular weight is 229 g/mol. The second-order valence-corrected chi connectivity index (χ2v) is 3.42. The molecular formula is C13H11NO3. The van der Waals surface area contributed by atoms with Crippen LogP contribution in [0.1, 0.15) is 10.4 Å². The summed E-state index contributed by atoms with van der Waals surface area (Å²) in [5.74, 6) is -0.717. The lowest BCUT2D eigenvalue weighted by atomic mass is 10.1. The molecule has 0 radical (unpaired) electrons. The Morgan fingerprint density at radius 1 is 1.47 bits per heavy atom. The fraction of sp³-hybridized carbons (Fsp3) is 0.0769. The van der Waals surface area contributed by atoms with E-state index in [9.17, 15) is 4.79 Å². The number of pyridine rings is 1. The zero-order chi connectivity index (χ0) is 12.3. The van der Waals surface area contributed by atoms with Crippen LogP contribution in [0.25, 0.3) is 10.9 Å². The molecule has 86 valence electrons. The van der Waals surface area contributed by atoms with Crippen molar-refractivity contribution in [1.29, 1.82) is 0 Å². The summed E-state index contributed by atoms with van der Waals surface area (Å²) in [6.45, 7) is 3.80. The van der Waals surface area contributed by atoms with Crippen LogP contribution >= 0.6 is 0 Å². The van der Waals surface area contributed by atoms with Gasteiger partial charge in [0.25, 0.3) is 0 Å². The molecule has 2 rings (SSSR count). The van der Waals surface area contributed by atoms with Crippen molar-refractivity contribution in [3.05, 3.63) is 48.7 Å². The van der Waals surface area contributed by atoms with Crippen molar-refractivity contribution in [2.75, 3.05) is 6.61 Å². The van der Waals surface area contributed by atoms with E-state index in [0.717, 1.165) is 0 Å². The van der Waals surface area contributed by atoms with Crippen molar-refractivity contribution in [2.24, 2.45) is 0 Å². The lowest BCUT2D eigenvalue weighted by Crippen LogP contribution is -2.04. The van der Waals surface area contributed by atoms with Gasteiger partial charge in [-0.3, -0.25) is 4.98 Å². The highest BCUT2D eigenvalue weighted by Gasteiger charge is 2.15. The summed E-state index contributed by atoms with van der Waals surface area (Å²) in [4.78, 5) is 15.2. The number of para-hydroxylation sites is 1. The van der Waals surface area contributed by atoms with E-state index in [-0.39, 0.29) is 12.2 Å². The van der Waals surface area contributed by atoms with Crippen LogP contribution in [0.15, 0.2) is 43.1 Å². The lowest BCUT2D eigenvalue weighted by Gasteiger charge is -2.09. The number of carboxylic acids is 1. The van der Waals surface area contributed by atoms with Gasteiger partial charge in [0.05, 0.1) is 5.52 Å². The molecule has 0 spiro atoms. The minimum Gasteiger partial charge on any atom is -0.488 e. The summed E-state index contributed by atoms with van der Waals surface area (Å²) in [5, 5.41) is 9.77. The van der Waals surface area contributed by atoms with E-state index in [2.05, 4.69) is 11.6 Å². The maximum atomic E-state index is 11.1. The van der Waals surface area contributed by atoms with Crippen molar-refractivity contribution in [2.45, 2.75) is 0 Å². The predicted octanol–water partition coefficient (Wildman–Crippen LogP) is 2.50. The predicted molar refractivity (Wildman–Crippen MR) is 64.4 cm³/mol. The molecule has 0 aliphatic rings. The molecule has 0 atom stereocenters. The Bertz CT molecular complexity index is 578. The SMILES string of the molecule is C=CCOc1c(C(=O)O)cnc2ccccc12. The van der Waals surface area contributed by atoms with Crippen LogP contribution in [0, 0.1) is 0 Å². The van der Waals surface area contributed by atoms with Crippen LogP contribution < -0.4 is 4.74 Å². The van der Waals surface area contributed by atoms with Gasteiger partial charge < -0.3 is 9.84 Å². The molecule has 1 aromatic carbocycles. The van der Waals surface area contributed by atoms with Crippen LogP contribution in [-0.4, -0.2) is 22.7 Å². The van der Waals surface area contributed by atoms with Gasteiger partial charge in [-0.05, 0) is 12.1 Å². The first-order chi connectivity index (χ1) is 8.24. The third-order valence-corrected chi connectivity index (χ3v) is 2.30. The number of fused-ring (bicyclic) bond motifs is 1. The number of aromatic nitrogens is 1. The Hall–Kier alpha value is -2.36. The van der Waals surface area contributed by atoms with E-state index in [1.807, 2.05) is 18.2 Å². The first-order valence-corrected chi connectivity index (χ1v) is 5.08. The zero-order valence-corrected chi connectivity index (χ0v) is 9.09. The fourth-order valence-corrected chi connectivity index (χ4v) is 1.57. The Morgan fingerprint density at radius 2 is 2.24 bits per heavy atom. The molecule has 1 N–H and O–H groups in total. The number of rotatable bonds is 4. The van der Waals surface area contributed by atoms with Crippen molar-refractivity contribution < 1.29 is 14.6 Å². The molecule has 1 aromatic heterocycles. The van der Waals surface area contributed by atoms with Crippen molar-refractivity contribution in [1.82, 2.24) is 4.98 Å². The average Bonchev–Trinajstić information content (AvgIpc) is 2.35. The molecule has 0 aliphatic carbocycles. The highest BCUT2D eigenvalue weighted by molar-refractivity contribution is 5.98. The van der Waals surface area contributed by atoms with Gasteiger partial charge in [0, 0.05) is 11.6 Å². The van der Waals surface area contributed by atoms with Gasteiger partial charge in [0.2, 0.25) is 0 Å². The first kappa shape index (κ1) is 11.1. The third kappa shape index (κ3) is 2.10. The van der Waals surface area contributed by atoms with Crippen LogP contribution in [0.3, 0.4) is 0 Å². The van der Waals surface area contributed by atoms with E-state index in [0.29, 0.717) is 16.7 Å². The molecule has 4 heteroatoms. The summed E-state index contributed by atoms with van der Waals surface area (Å²) >= 11 is 0. The number of carbonyl (C=O) groups is 1. The summed E-state index contributed by atoms with van der Waals surface area (Å²) < 4.78 is 5.42. The van der Waals surface area contributed by atoms with Crippen molar-refractivity contribution in [3.63, 3.8) is 0 Å². The number of aromatic carboxylic acids is 1. The molecule has 17 heavy (non-hydrogen) atoms. The Kier molecular flexibility index (Phi) is 3.05. The Balaban J connectivity index is 2.65. The summed E-state index contributed by atoms with van der Waals surface area (Å²) in [6.07, 6.45) is 2.88. The number of carboxylic acid groups (broad SMARTS) is 1. The molecule has 0 saturated carbocycles. The highest BCUT2D eigenvalue weighted by atomic mass is 16.5. The Labute approximate surface area is 98.2 Å². The molecular weight excluding hydrogens is 218 g/mol. The van der Waals surface area contributed by atoms with Gasteiger partial charge in [-0.1, -0.05) is 24.8 Å². The summed E-state index contributed by atoms with van der Waals surface area (Å²) in [6, 6.07) is 7.25. The van der Waals surface area contributed by atoms with E-state index in [4.69, 9.17) is 9.84 Å². The molecule has 0 amide bonds. The molecule has 0 aliphatic heterocycles. The van der Waals surface area contributed by atoms with Gasteiger partial charge in [0.15, 0.2) is 0 Å². The molecule has 1 heterocycles. The number of ether oxygens (including phenoxy) is 1. The quantitative estimate of drug-likeness (QED) is 0.818. The lowest BCUT2D eigenvalue weighted by molar-refractivity contribution is 0.0692. The molecule has 0 saturated heterocycles. The van der Waals surface area contributed by atoms with Gasteiger partial charge in [-0.15, -0.1) is 0 Å². The molecule has 0 fully saturated rings. The number of hydrogen-bond acceptors (Lipinski definition) is 3. The maximum absolute atomic E-state index is 11.1. The zero-order valence-electron chi connectivity index (χ0n) is 9.09. The third-order valence-electron chi connectivity index (χ3n) is 2.30. The molecule has 0 bridgehead atoms. The number of benzene rings is 1. The Morgan fingerprint density at radius 3 is 2.94 bits per heavy atom. The van der Waals surface area contributed by atoms with E-state index < -0.39 is 5.97 Å². The van der Waals surface area contributed by atoms with E-state index in [1.165, 1.54) is 6.20 Å². The van der Waals surface area contributed by atoms with Gasteiger partial charge in [0.1, 0.15) is 17.9 Å². The monoisotopic (exact) mass is 229 g/mol. The molecule has 4 nitrogen and oxygen atoms in total. The van der Waals surface area contributed by atoms with E-state index in [1.54, 1.807) is 12.1 Å². The molecule has 2 aromatic rings. The second kappa shape index (κ2) is 4.65. The number of nitrogens with zero attached hydrogens (tertiary/aromatic N) is 1. The number of hydrogen-bond donors (Lipinski definition) is 1. The van der Waals surface area contributed by atoms with Crippen LogP contribution in [0.2, 0.25) is 0 Å². The molecule has 0 unspecified atom stereocenters. The highest BCUT2D eigenvalue weighted by Crippen LogP contribution is 2.28. The van der Waals surface area contributed by atoms with Gasteiger partial charge in [-0.2, -0.15) is 0 Å². The standard InChI is InChI=1S/C13H11NO3/c1-2-7-17-12-9-5-3-4-6-11(9)14-8-10(12)13(15)16/h2-6,8H,1,7H2,(H,15,16). The smallest absolute Gasteiger partial charge is 0.341 e. The van der Waals surface area contributed by atoms with Crippen molar-refractivity contribution >= 4 is 16.9 Å². The normalized spacial score (nSPS) is 10.1. The minimum atomic E-state index is -1.05. The van der Waals surface area contributed by atoms with Gasteiger partial charge >= 0.3 is 5.97 Å². The fourth-order valence-electron chi connectivity index (χ4n) is 1.57. The van der Waals surface area contributed by atoms with Crippen molar-refractivity contribution in [3.8, 4) is 5.75 Å². The summed E-state index contributed by atoms with van der Waals surface area (Å²) in [5.41, 5.74) is 0.766. The van der Waals surface area contributed by atoms with Crippen LogP contribution in [0.5, 0.6) is 5.75 Å². The van der Waals surface area contributed by atoms with Crippen LogP contribution in [0.4, 0.5) is 0 Å². The van der Waals surface area contributed by atoms with Gasteiger partial charge in [-0.25, -0.2) is 4.79 Å². The summed E-state index contributed by atoms with van der Waals surface area (Å²) in [7, 11) is 0. The minimum absolute atomic E-state index is 0.0607. The van der Waals surface area contributed by atoms with E-state index >= 15 is 0 Å². The topological polar surface area (TPSA) is 59.4 Å².